The Labute approximate surface area is 132 Å². The molecule has 0 saturated carbocycles. The second-order valence-electron chi connectivity index (χ2n) is 5.48. The minimum Gasteiger partial charge on any atom is -0.399 e. The summed E-state index contributed by atoms with van der Waals surface area (Å²) in [6.07, 6.45) is 4.22. The van der Waals surface area contributed by atoms with E-state index in [1.54, 1.807) is 0 Å². The van der Waals surface area contributed by atoms with Gasteiger partial charge in [0.1, 0.15) is 0 Å². The zero-order chi connectivity index (χ0) is 16.1. The van der Waals surface area contributed by atoms with Gasteiger partial charge in [-0.15, -0.1) is 0 Å². The molecular formula is C20H22N2. The van der Waals surface area contributed by atoms with Crippen LogP contribution in [0.4, 0.5) is 11.4 Å². The molecule has 0 aliphatic rings. The zero-order valence-corrected chi connectivity index (χ0v) is 13.1. The SMILES string of the molecule is C=C(/C=C(C)\C=C(/C)c1ccc(N)cc1)c1ccc(N)cc1. The van der Waals surface area contributed by atoms with E-state index in [0.29, 0.717) is 0 Å². The van der Waals surface area contributed by atoms with Gasteiger partial charge in [-0.05, 0) is 60.4 Å². The van der Waals surface area contributed by atoms with E-state index in [1.165, 1.54) is 11.1 Å². The molecule has 0 radical (unpaired) electrons. The predicted molar refractivity (Wildman–Crippen MR) is 98.2 cm³/mol. The summed E-state index contributed by atoms with van der Waals surface area (Å²) in [5.41, 5.74) is 18.5. The Balaban J connectivity index is 2.17. The average molecular weight is 290 g/mol. The summed E-state index contributed by atoms with van der Waals surface area (Å²) < 4.78 is 0. The zero-order valence-electron chi connectivity index (χ0n) is 13.1. The maximum Gasteiger partial charge on any atom is 0.0314 e. The standard InChI is InChI=1S/C20H22N2/c1-14(12-15(2)17-4-8-19(21)9-5-17)13-16(3)18-6-10-20(22)11-7-18/h4-13H,2,21-22H2,1,3H3/b14-12-,16-13+. The van der Waals surface area contributed by atoms with Gasteiger partial charge in [0.15, 0.2) is 0 Å². The van der Waals surface area contributed by atoms with Crippen LogP contribution < -0.4 is 11.5 Å². The lowest BCUT2D eigenvalue weighted by Crippen LogP contribution is -1.87. The van der Waals surface area contributed by atoms with Crippen LogP contribution in [-0.4, -0.2) is 0 Å². The van der Waals surface area contributed by atoms with Gasteiger partial charge in [-0.25, -0.2) is 0 Å². The Kier molecular flexibility index (Phi) is 4.84. The highest BCUT2D eigenvalue weighted by molar-refractivity contribution is 5.75. The number of rotatable bonds is 4. The first-order chi connectivity index (χ1) is 10.5. The quantitative estimate of drug-likeness (QED) is 0.620. The molecule has 0 amide bonds. The molecule has 0 unspecified atom stereocenters. The van der Waals surface area contributed by atoms with Crippen molar-refractivity contribution in [2.45, 2.75) is 13.8 Å². The number of benzene rings is 2. The number of hydrogen-bond donors (Lipinski definition) is 2. The number of allylic oxidation sites excluding steroid dienone is 5. The molecule has 0 heterocycles. The van der Waals surface area contributed by atoms with Gasteiger partial charge in [-0.1, -0.05) is 48.6 Å². The molecule has 0 aliphatic carbocycles. The van der Waals surface area contributed by atoms with Gasteiger partial charge in [-0.2, -0.15) is 0 Å². The van der Waals surface area contributed by atoms with Crippen molar-refractivity contribution in [3.05, 3.63) is 84.0 Å². The lowest BCUT2D eigenvalue weighted by molar-refractivity contribution is 1.48. The van der Waals surface area contributed by atoms with E-state index in [4.69, 9.17) is 11.5 Å². The Morgan fingerprint density at radius 2 is 1.23 bits per heavy atom. The molecule has 112 valence electrons. The molecule has 2 heteroatoms. The summed E-state index contributed by atoms with van der Waals surface area (Å²) >= 11 is 0. The molecule has 0 saturated heterocycles. The van der Waals surface area contributed by atoms with Gasteiger partial charge in [0, 0.05) is 11.4 Å². The highest BCUT2D eigenvalue weighted by atomic mass is 14.5. The van der Waals surface area contributed by atoms with Crippen molar-refractivity contribution >= 4 is 22.5 Å². The van der Waals surface area contributed by atoms with Gasteiger partial charge < -0.3 is 11.5 Å². The van der Waals surface area contributed by atoms with Crippen LogP contribution in [0.25, 0.3) is 11.1 Å². The van der Waals surface area contributed by atoms with E-state index in [9.17, 15) is 0 Å². The Morgan fingerprint density at radius 1 is 0.773 bits per heavy atom. The molecule has 4 N–H and O–H groups in total. The Morgan fingerprint density at radius 3 is 1.73 bits per heavy atom. The monoisotopic (exact) mass is 290 g/mol. The first kappa shape index (κ1) is 15.6. The van der Waals surface area contributed by atoms with Crippen molar-refractivity contribution in [2.75, 3.05) is 11.5 Å². The molecule has 0 bridgehead atoms. The molecular weight excluding hydrogens is 268 g/mol. The largest absolute Gasteiger partial charge is 0.399 e. The summed E-state index contributed by atoms with van der Waals surface area (Å²) in [5, 5.41) is 0. The van der Waals surface area contributed by atoms with Crippen molar-refractivity contribution in [3.8, 4) is 0 Å². The molecule has 0 aliphatic heterocycles. The summed E-state index contributed by atoms with van der Waals surface area (Å²) in [6.45, 7) is 8.29. The smallest absolute Gasteiger partial charge is 0.0314 e. The van der Waals surface area contributed by atoms with E-state index in [1.807, 2.05) is 48.5 Å². The predicted octanol–water partition coefficient (Wildman–Crippen LogP) is 4.91. The van der Waals surface area contributed by atoms with E-state index < -0.39 is 0 Å². The first-order valence-electron chi connectivity index (χ1n) is 7.23. The van der Waals surface area contributed by atoms with E-state index in [-0.39, 0.29) is 0 Å². The summed E-state index contributed by atoms with van der Waals surface area (Å²) in [6, 6.07) is 15.6. The van der Waals surface area contributed by atoms with Crippen LogP contribution >= 0.6 is 0 Å². The van der Waals surface area contributed by atoms with Crippen LogP contribution in [-0.2, 0) is 0 Å². The number of nitrogens with two attached hydrogens (primary N) is 2. The van der Waals surface area contributed by atoms with Gasteiger partial charge >= 0.3 is 0 Å². The van der Waals surface area contributed by atoms with Gasteiger partial charge in [-0.3, -0.25) is 0 Å². The second-order valence-corrected chi connectivity index (χ2v) is 5.48. The molecule has 0 aromatic heterocycles. The number of nitrogen functional groups attached to an aromatic ring is 2. The summed E-state index contributed by atoms with van der Waals surface area (Å²) in [7, 11) is 0. The van der Waals surface area contributed by atoms with Crippen LogP contribution in [0.15, 0.2) is 72.8 Å². The van der Waals surface area contributed by atoms with Crippen molar-refractivity contribution in [2.24, 2.45) is 0 Å². The maximum absolute atomic E-state index is 5.72. The molecule has 0 atom stereocenters. The van der Waals surface area contributed by atoms with Crippen molar-refractivity contribution in [1.82, 2.24) is 0 Å². The number of anilines is 2. The third kappa shape index (κ3) is 4.13. The first-order valence-corrected chi connectivity index (χ1v) is 7.23. The summed E-state index contributed by atoms with van der Waals surface area (Å²) in [4.78, 5) is 0. The molecule has 0 fully saturated rings. The minimum absolute atomic E-state index is 0.761. The van der Waals surface area contributed by atoms with Crippen LogP contribution in [0.2, 0.25) is 0 Å². The van der Waals surface area contributed by atoms with Crippen LogP contribution in [0.3, 0.4) is 0 Å². The average Bonchev–Trinajstić information content (AvgIpc) is 2.48. The molecule has 2 nitrogen and oxygen atoms in total. The van der Waals surface area contributed by atoms with Gasteiger partial charge in [0.2, 0.25) is 0 Å². The van der Waals surface area contributed by atoms with Gasteiger partial charge in [0.25, 0.3) is 0 Å². The normalized spacial score (nSPS) is 12.3. The third-order valence-electron chi connectivity index (χ3n) is 3.49. The topological polar surface area (TPSA) is 52.0 Å². The van der Waals surface area contributed by atoms with E-state index >= 15 is 0 Å². The molecule has 0 spiro atoms. The van der Waals surface area contributed by atoms with E-state index in [0.717, 1.165) is 28.1 Å². The third-order valence-corrected chi connectivity index (χ3v) is 3.49. The Bertz CT molecular complexity index is 717. The molecule has 2 aromatic carbocycles. The molecule has 2 rings (SSSR count). The van der Waals surface area contributed by atoms with Gasteiger partial charge in [0.05, 0.1) is 0 Å². The van der Waals surface area contributed by atoms with E-state index in [2.05, 4.69) is 32.6 Å². The fourth-order valence-corrected chi connectivity index (χ4v) is 2.27. The van der Waals surface area contributed by atoms with Crippen molar-refractivity contribution < 1.29 is 0 Å². The fraction of sp³-hybridized carbons (Fsp3) is 0.100. The summed E-state index contributed by atoms with van der Waals surface area (Å²) in [5.74, 6) is 0. The Hall–Kier alpha value is -2.74. The lowest BCUT2D eigenvalue weighted by atomic mass is 10.0. The van der Waals surface area contributed by atoms with Crippen LogP contribution in [0.1, 0.15) is 25.0 Å². The minimum atomic E-state index is 0.761. The highest BCUT2D eigenvalue weighted by Gasteiger charge is 1.98. The second kappa shape index (κ2) is 6.81. The molecule has 2 aromatic rings. The van der Waals surface area contributed by atoms with Crippen LogP contribution in [0.5, 0.6) is 0 Å². The fourth-order valence-electron chi connectivity index (χ4n) is 2.27. The van der Waals surface area contributed by atoms with Crippen molar-refractivity contribution in [1.29, 1.82) is 0 Å². The highest BCUT2D eigenvalue weighted by Crippen LogP contribution is 2.21. The number of hydrogen-bond acceptors (Lipinski definition) is 2. The lowest BCUT2D eigenvalue weighted by Gasteiger charge is -2.05. The maximum atomic E-state index is 5.72. The molecule has 22 heavy (non-hydrogen) atoms. The van der Waals surface area contributed by atoms with Crippen LogP contribution in [0, 0.1) is 0 Å². The van der Waals surface area contributed by atoms with Crippen molar-refractivity contribution in [3.63, 3.8) is 0 Å².